The summed E-state index contributed by atoms with van der Waals surface area (Å²) in [6.45, 7) is 4.01. The van der Waals surface area contributed by atoms with Crippen LogP contribution >= 0.6 is 7.60 Å². The summed E-state index contributed by atoms with van der Waals surface area (Å²) in [6.07, 6.45) is 0.234. The number of rotatable bonds is 13. The Hall–Kier alpha value is -2.32. The van der Waals surface area contributed by atoms with Crippen LogP contribution in [0.1, 0.15) is 36.2 Å². The molecule has 0 radical (unpaired) electrons. The van der Waals surface area contributed by atoms with E-state index in [0.29, 0.717) is 16.0 Å². The van der Waals surface area contributed by atoms with E-state index >= 15 is 0 Å². The summed E-state index contributed by atoms with van der Waals surface area (Å²) >= 11 is 0. The van der Waals surface area contributed by atoms with Crippen molar-refractivity contribution in [1.82, 2.24) is 5.32 Å². The molecule has 3 N–H and O–H groups in total. The Bertz CT molecular complexity index is 958. The first-order valence-corrected chi connectivity index (χ1v) is 13.3. The van der Waals surface area contributed by atoms with Gasteiger partial charge >= 0.3 is 7.60 Å². The van der Waals surface area contributed by atoms with Gasteiger partial charge in [-0.3, -0.25) is 18.4 Å². The molecule has 0 heterocycles. The van der Waals surface area contributed by atoms with Crippen molar-refractivity contribution < 1.29 is 27.4 Å². The van der Waals surface area contributed by atoms with Crippen LogP contribution in [0.25, 0.3) is 0 Å². The fourth-order valence-corrected chi connectivity index (χ4v) is 5.80. The van der Waals surface area contributed by atoms with Crippen LogP contribution in [0, 0.1) is 0 Å². The summed E-state index contributed by atoms with van der Waals surface area (Å²) in [7, 11) is -4.56. The number of primary amides is 1. The highest BCUT2D eigenvalue weighted by Gasteiger charge is 2.24. The third-order valence-electron chi connectivity index (χ3n) is 4.49. The minimum absolute atomic E-state index is 0.0891. The highest BCUT2D eigenvalue weighted by atomic mass is 32.2. The second-order valence-electron chi connectivity index (χ2n) is 6.88. The molecule has 2 rings (SSSR count). The molecule has 0 aliphatic carbocycles. The molecule has 0 aliphatic heterocycles. The largest absolute Gasteiger partial charge is 0.368 e. The zero-order chi connectivity index (χ0) is 23.6. The molecule has 10 heteroatoms. The third-order valence-corrected chi connectivity index (χ3v) is 7.95. The van der Waals surface area contributed by atoms with E-state index in [2.05, 4.69) is 5.32 Å². The first-order chi connectivity index (χ1) is 15.3. The summed E-state index contributed by atoms with van der Waals surface area (Å²) < 4.78 is 35.6. The van der Waals surface area contributed by atoms with Crippen molar-refractivity contribution in [3.05, 3.63) is 65.7 Å². The first-order valence-electron chi connectivity index (χ1n) is 10.3. The van der Waals surface area contributed by atoms with Crippen LogP contribution in [-0.2, 0) is 35.4 Å². The molecule has 0 fully saturated rings. The minimum atomic E-state index is -3.25. The molecule has 0 unspecified atom stereocenters. The van der Waals surface area contributed by atoms with Crippen molar-refractivity contribution in [3.8, 4) is 0 Å². The van der Waals surface area contributed by atoms with Gasteiger partial charge in [0.05, 0.1) is 30.2 Å². The monoisotopic (exact) mass is 480 g/mol. The number of nitrogens with one attached hydrogen (secondary N) is 1. The lowest BCUT2D eigenvalue weighted by Crippen LogP contribution is -2.45. The Morgan fingerprint density at radius 2 is 1.62 bits per heavy atom. The van der Waals surface area contributed by atoms with E-state index in [1.165, 1.54) is 0 Å². The molecular formula is C22H29N2O6PS. The van der Waals surface area contributed by atoms with Crippen LogP contribution in [-0.4, -0.2) is 41.0 Å². The van der Waals surface area contributed by atoms with Crippen LogP contribution in [0.4, 0.5) is 0 Å². The van der Waals surface area contributed by atoms with Crippen LogP contribution in [0.5, 0.6) is 0 Å². The molecule has 0 saturated carbocycles. The van der Waals surface area contributed by atoms with Gasteiger partial charge in [-0.05, 0) is 50.1 Å². The quantitative estimate of drug-likeness (QED) is 0.424. The van der Waals surface area contributed by atoms with Gasteiger partial charge in [0.1, 0.15) is 6.04 Å². The van der Waals surface area contributed by atoms with Gasteiger partial charge in [0.25, 0.3) is 5.91 Å². The van der Waals surface area contributed by atoms with Gasteiger partial charge in [-0.2, -0.15) is 0 Å². The van der Waals surface area contributed by atoms with Crippen LogP contribution < -0.4 is 11.1 Å². The van der Waals surface area contributed by atoms with E-state index in [0.717, 1.165) is 0 Å². The average molecular weight is 481 g/mol. The van der Waals surface area contributed by atoms with E-state index in [1.54, 1.807) is 62.4 Å². The van der Waals surface area contributed by atoms with E-state index in [1.807, 2.05) is 6.07 Å². The van der Waals surface area contributed by atoms with E-state index in [4.69, 9.17) is 14.8 Å². The molecule has 8 nitrogen and oxygen atoms in total. The second-order valence-corrected chi connectivity index (χ2v) is 10.5. The fraction of sp³-hybridized carbons (Fsp3) is 0.364. The molecule has 0 bridgehead atoms. The van der Waals surface area contributed by atoms with Crippen molar-refractivity contribution in [3.63, 3.8) is 0 Å². The molecule has 0 aliphatic rings. The van der Waals surface area contributed by atoms with Crippen LogP contribution in [0.2, 0.25) is 0 Å². The number of nitrogens with two attached hydrogens (primary N) is 1. The van der Waals surface area contributed by atoms with Gasteiger partial charge in [0.15, 0.2) is 0 Å². The predicted molar refractivity (Wildman–Crippen MR) is 124 cm³/mol. The molecule has 174 valence electrons. The Balaban J connectivity index is 1.99. The predicted octanol–water partition coefficient (Wildman–Crippen LogP) is 3.23. The molecule has 0 saturated heterocycles. The summed E-state index contributed by atoms with van der Waals surface area (Å²) in [5, 5.41) is 2.60. The van der Waals surface area contributed by atoms with Gasteiger partial charge < -0.3 is 20.1 Å². The molecule has 0 aromatic heterocycles. The second kappa shape index (κ2) is 12.6. The number of carbonyl (C=O) groups is 2. The number of carbonyl (C=O) groups excluding carboxylic acids is 2. The standard InChI is InChI=1S/C22H29N2O6PS/c1-3-29-31(27,30-4-2)16-17-10-12-18(13-11-17)22(26)24-20(21(23)25)14-15-32(28)19-8-6-5-7-9-19/h5-13,20H,3-4,14-16H2,1-2H3,(H2,23,25)(H,24,26)/t20-,32+/m1/s1. The SMILES string of the molecule is CCOP(=O)(Cc1ccc(C(=O)N[C@H](CC[S@](=O)c2ccccc2)C(N)=O)cc1)OCC. The fourth-order valence-electron chi connectivity index (χ4n) is 2.95. The highest BCUT2D eigenvalue weighted by molar-refractivity contribution is 7.85. The van der Waals surface area contributed by atoms with E-state index < -0.39 is 36.3 Å². The zero-order valence-corrected chi connectivity index (χ0v) is 19.9. The number of benzene rings is 2. The normalized spacial score (nSPS) is 13.3. The van der Waals surface area contributed by atoms with Gasteiger partial charge in [0, 0.05) is 16.2 Å². The molecule has 2 amide bonds. The van der Waals surface area contributed by atoms with Gasteiger partial charge in [-0.15, -0.1) is 0 Å². The number of hydrogen-bond acceptors (Lipinski definition) is 6. The van der Waals surface area contributed by atoms with Gasteiger partial charge in [-0.25, -0.2) is 0 Å². The van der Waals surface area contributed by atoms with Crippen molar-refractivity contribution in [2.45, 2.75) is 37.4 Å². The van der Waals surface area contributed by atoms with Crippen molar-refractivity contribution >= 4 is 30.2 Å². The zero-order valence-electron chi connectivity index (χ0n) is 18.2. The Morgan fingerprint density at radius 1 is 1.03 bits per heavy atom. The molecule has 2 aromatic rings. The maximum Gasteiger partial charge on any atom is 0.335 e. The summed E-state index contributed by atoms with van der Waals surface area (Å²) in [5.41, 5.74) is 6.43. The molecule has 0 spiro atoms. The smallest absolute Gasteiger partial charge is 0.335 e. The van der Waals surface area contributed by atoms with E-state index in [9.17, 15) is 18.4 Å². The molecular weight excluding hydrogens is 451 g/mol. The Kier molecular flexibility index (Phi) is 10.3. The van der Waals surface area contributed by atoms with Crippen LogP contribution in [0.15, 0.2) is 59.5 Å². The summed E-state index contributed by atoms with van der Waals surface area (Å²) in [4.78, 5) is 25.0. The first kappa shape index (κ1) is 25.9. The molecule has 2 atom stereocenters. The lowest BCUT2D eigenvalue weighted by atomic mass is 10.1. The minimum Gasteiger partial charge on any atom is -0.368 e. The van der Waals surface area contributed by atoms with Crippen LogP contribution in [0.3, 0.4) is 0 Å². The Morgan fingerprint density at radius 3 is 2.16 bits per heavy atom. The Labute approximate surface area is 190 Å². The highest BCUT2D eigenvalue weighted by Crippen LogP contribution is 2.51. The van der Waals surface area contributed by atoms with E-state index in [-0.39, 0.29) is 31.5 Å². The lowest BCUT2D eigenvalue weighted by molar-refractivity contribution is -0.119. The van der Waals surface area contributed by atoms with Crippen molar-refractivity contribution in [2.75, 3.05) is 19.0 Å². The molecule has 2 aromatic carbocycles. The summed E-state index contributed by atoms with van der Waals surface area (Å²) in [6, 6.07) is 14.4. The van der Waals surface area contributed by atoms with Gasteiger partial charge in [-0.1, -0.05) is 30.3 Å². The summed E-state index contributed by atoms with van der Waals surface area (Å²) in [5.74, 6) is -1.00. The maximum atomic E-state index is 12.7. The number of amides is 2. The topological polar surface area (TPSA) is 125 Å². The third kappa shape index (κ3) is 7.98. The lowest BCUT2D eigenvalue weighted by Gasteiger charge is -2.17. The maximum absolute atomic E-state index is 12.7. The number of hydrogen-bond donors (Lipinski definition) is 2. The van der Waals surface area contributed by atoms with Gasteiger partial charge in [0.2, 0.25) is 5.91 Å². The molecule has 32 heavy (non-hydrogen) atoms. The van der Waals surface area contributed by atoms with Crippen molar-refractivity contribution in [1.29, 1.82) is 0 Å². The average Bonchev–Trinajstić information content (AvgIpc) is 2.77. The van der Waals surface area contributed by atoms with Crippen molar-refractivity contribution in [2.24, 2.45) is 5.73 Å².